The van der Waals surface area contributed by atoms with Crippen LogP contribution in [-0.2, 0) is 0 Å². The summed E-state index contributed by atoms with van der Waals surface area (Å²) in [6.07, 6.45) is 8.09. The van der Waals surface area contributed by atoms with Gasteiger partial charge in [-0.25, -0.2) is 0 Å². The van der Waals surface area contributed by atoms with E-state index >= 15 is 0 Å². The summed E-state index contributed by atoms with van der Waals surface area (Å²) < 4.78 is 4.78. The molecule has 51 heavy (non-hydrogen) atoms. The summed E-state index contributed by atoms with van der Waals surface area (Å²) in [5.74, 6) is 0. The Balaban J connectivity index is 1.23. The van der Waals surface area contributed by atoms with Crippen LogP contribution in [0.25, 0.3) is 82.8 Å². The lowest BCUT2D eigenvalue weighted by Crippen LogP contribution is -1.95. The van der Waals surface area contributed by atoms with Crippen molar-refractivity contribution in [2.24, 2.45) is 0 Å². The van der Waals surface area contributed by atoms with Crippen molar-refractivity contribution < 1.29 is 0 Å². The molecule has 0 N–H and O–H groups in total. The molecule has 0 aliphatic rings. The van der Waals surface area contributed by atoms with E-state index in [-0.39, 0.29) is 0 Å². The first-order valence-corrected chi connectivity index (χ1v) is 17.5. The highest BCUT2D eigenvalue weighted by Gasteiger charge is 2.17. The lowest BCUT2D eigenvalue weighted by Gasteiger charge is -2.11. The molecule has 0 aliphatic carbocycles. The Labute approximate surface area is 298 Å². The summed E-state index contributed by atoms with van der Waals surface area (Å²) in [6, 6.07) is 59.6. The number of para-hydroxylation sites is 2. The average molecular weight is 653 g/mol. The number of rotatable bonds is 7. The Morgan fingerprint density at radius 2 is 0.980 bits per heavy atom. The molecule has 2 nitrogen and oxygen atoms in total. The van der Waals surface area contributed by atoms with Crippen molar-refractivity contribution in [1.29, 1.82) is 0 Å². The van der Waals surface area contributed by atoms with Crippen LogP contribution in [0.3, 0.4) is 0 Å². The molecule has 2 heterocycles. The highest BCUT2D eigenvalue weighted by Crippen LogP contribution is 2.39. The van der Waals surface area contributed by atoms with E-state index < -0.39 is 0 Å². The second-order valence-electron chi connectivity index (χ2n) is 13.0. The van der Waals surface area contributed by atoms with Crippen molar-refractivity contribution in [3.8, 4) is 33.6 Å². The van der Waals surface area contributed by atoms with Gasteiger partial charge in [0.05, 0.1) is 22.1 Å². The topological polar surface area (TPSA) is 9.86 Å². The summed E-state index contributed by atoms with van der Waals surface area (Å²) >= 11 is 0. The molecule has 0 aliphatic heterocycles. The summed E-state index contributed by atoms with van der Waals surface area (Å²) in [5, 5.41) is 4.98. The average Bonchev–Trinajstić information content (AvgIpc) is 3.70. The molecule has 0 unspecified atom stereocenters. The third-order valence-corrected chi connectivity index (χ3v) is 10.00. The Morgan fingerprint density at radius 1 is 0.451 bits per heavy atom. The molecule has 0 bridgehead atoms. The lowest BCUT2D eigenvalue weighted by molar-refractivity contribution is 1.18. The molecule has 2 heteroatoms. The van der Waals surface area contributed by atoms with Crippen molar-refractivity contribution in [3.63, 3.8) is 0 Å². The van der Waals surface area contributed by atoms with Crippen molar-refractivity contribution in [2.75, 3.05) is 0 Å². The van der Waals surface area contributed by atoms with Crippen LogP contribution < -0.4 is 0 Å². The van der Waals surface area contributed by atoms with E-state index in [0.717, 1.165) is 16.8 Å². The number of aromatic nitrogens is 2. The van der Waals surface area contributed by atoms with Gasteiger partial charge < -0.3 is 9.13 Å². The van der Waals surface area contributed by atoms with Crippen LogP contribution in [0.15, 0.2) is 195 Å². The molecule has 0 saturated carbocycles. The maximum Gasteiger partial charge on any atom is 0.0547 e. The standard InChI is InChI=1S/C49H36N2/c1-3-13-34(14-4-2)36-21-26-41(27-22-36)51-48-30-25-38(32-45(48)43-28-23-39(33-49(43)51)35-15-7-5-8-16-35)37-24-29-47-44(31-37)42-19-11-12-20-46(42)50(47)40-17-9-6-10-18-40/h3-33H,1H2,2H3/b14-4-,34-13+. The van der Waals surface area contributed by atoms with Crippen molar-refractivity contribution in [2.45, 2.75) is 6.92 Å². The fraction of sp³-hybridized carbons (Fsp3) is 0.0204. The highest BCUT2D eigenvalue weighted by atomic mass is 15.0. The van der Waals surface area contributed by atoms with Crippen molar-refractivity contribution in [3.05, 3.63) is 200 Å². The first-order chi connectivity index (χ1) is 25.2. The summed E-state index contributed by atoms with van der Waals surface area (Å²) in [5.41, 5.74) is 14.2. The van der Waals surface area contributed by atoms with Gasteiger partial charge >= 0.3 is 0 Å². The molecular weight excluding hydrogens is 617 g/mol. The van der Waals surface area contributed by atoms with Gasteiger partial charge in [-0.05, 0) is 101 Å². The van der Waals surface area contributed by atoms with Gasteiger partial charge in [0.15, 0.2) is 0 Å². The number of hydrogen-bond acceptors (Lipinski definition) is 0. The molecule has 9 aromatic rings. The predicted molar refractivity (Wildman–Crippen MR) is 219 cm³/mol. The van der Waals surface area contributed by atoms with Crippen LogP contribution in [-0.4, -0.2) is 9.13 Å². The van der Waals surface area contributed by atoms with Gasteiger partial charge in [-0.15, -0.1) is 0 Å². The number of allylic oxidation sites excluding steroid dienone is 5. The SMILES string of the molecule is C=C/C=C(\C=C/C)c1ccc(-n2c3ccc(-c4ccc5c(c4)c4ccccc4n5-c4ccccc4)cc3c3ccc(-c4ccccc4)cc32)cc1. The molecule has 0 radical (unpaired) electrons. The minimum Gasteiger partial charge on any atom is -0.309 e. The number of benzene rings is 7. The van der Waals surface area contributed by atoms with Gasteiger partial charge in [-0.1, -0.05) is 134 Å². The third-order valence-electron chi connectivity index (χ3n) is 10.00. The second-order valence-corrected chi connectivity index (χ2v) is 13.0. The first kappa shape index (κ1) is 30.4. The zero-order chi connectivity index (χ0) is 34.3. The van der Waals surface area contributed by atoms with Crippen LogP contribution >= 0.6 is 0 Å². The molecule has 0 atom stereocenters. The molecular formula is C49H36N2. The summed E-state index contributed by atoms with van der Waals surface area (Å²) in [4.78, 5) is 0. The van der Waals surface area contributed by atoms with Crippen molar-refractivity contribution >= 4 is 49.2 Å². The van der Waals surface area contributed by atoms with Gasteiger partial charge in [0.2, 0.25) is 0 Å². The monoisotopic (exact) mass is 652 g/mol. The quantitative estimate of drug-likeness (QED) is 0.152. The smallest absolute Gasteiger partial charge is 0.0547 e. The van der Waals surface area contributed by atoms with Crippen LogP contribution in [0.5, 0.6) is 0 Å². The summed E-state index contributed by atoms with van der Waals surface area (Å²) in [7, 11) is 0. The third kappa shape index (κ3) is 5.21. The molecule has 0 spiro atoms. The van der Waals surface area contributed by atoms with Crippen molar-refractivity contribution in [1.82, 2.24) is 9.13 Å². The zero-order valence-corrected chi connectivity index (χ0v) is 28.5. The Kier molecular flexibility index (Phi) is 7.56. The zero-order valence-electron chi connectivity index (χ0n) is 28.5. The number of hydrogen-bond donors (Lipinski definition) is 0. The maximum atomic E-state index is 3.92. The van der Waals surface area contributed by atoms with Gasteiger partial charge in [-0.2, -0.15) is 0 Å². The van der Waals surface area contributed by atoms with Gasteiger partial charge in [0.1, 0.15) is 0 Å². The molecule has 242 valence electrons. The van der Waals surface area contributed by atoms with Gasteiger partial charge in [0.25, 0.3) is 0 Å². The fourth-order valence-corrected chi connectivity index (χ4v) is 7.65. The van der Waals surface area contributed by atoms with E-state index in [1.807, 2.05) is 13.0 Å². The summed E-state index contributed by atoms with van der Waals surface area (Å²) in [6.45, 7) is 5.97. The predicted octanol–water partition coefficient (Wildman–Crippen LogP) is 13.4. The highest BCUT2D eigenvalue weighted by molar-refractivity contribution is 6.13. The molecule has 9 rings (SSSR count). The molecule has 0 saturated heterocycles. The number of fused-ring (bicyclic) bond motifs is 6. The van der Waals surface area contributed by atoms with Crippen LogP contribution in [0, 0.1) is 0 Å². The first-order valence-electron chi connectivity index (χ1n) is 17.5. The molecule has 0 fully saturated rings. The second kappa shape index (κ2) is 12.7. The fourth-order valence-electron chi connectivity index (χ4n) is 7.65. The van der Waals surface area contributed by atoms with Crippen LogP contribution in [0.2, 0.25) is 0 Å². The van der Waals surface area contributed by atoms with E-state index in [0.29, 0.717) is 0 Å². The van der Waals surface area contributed by atoms with E-state index in [1.54, 1.807) is 0 Å². The Bertz CT molecular complexity index is 2790. The minimum absolute atomic E-state index is 1.13. The van der Waals surface area contributed by atoms with Crippen LogP contribution in [0.4, 0.5) is 0 Å². The number of nitrogens with zero attached hydrogens (tertiary/aromatic N) is 2. The van der Waals surface area contributed by atoms with Gasteiger partial charge in [0, 0.05) is 32.9 Å². The van der Waals surface area contributed by atoms with E-state index in [1.165, 1.54) is 71.6 Å². The van der Waals surface area contributed by atoms with E-state index in [2.05, 4.69) is 198 Å². The molecule has 0 amide bonds. The van der Waals surface area contributed by atoms with Gasteiger partial charge in [-0.3, -0.25) is 0 Å². The lowest BCUT2D eigenvalue weighted by atomic mass is 9.99. The van der Waals surface area contributed by atoms with Crippen LogP contribution in [0.1, 0.15) is 12.5 Å². The minimum atomic E-state index is 1.13. The Hall–Kier alpha value is -6.64. The molecule has 2 aromatic heterocycles. The molecule has 7 aromatic carbocycles. The van der Waals surface area contributed by atoms with E-state index in [4.69, 9.17) is 0 Å². The van der Waals surface area contributed by atoms with E-state index in [9.17, 15) is 0 Å². The largest absolute Gasteiger partial charge is 0.309 e. The Morgan fingerprint density at radius 3 is 1.65 bits per heavy atom. The maximum absolute atomic E-state index is 3.92. The normalized spacial score (nSPS) is 12.1.